The van der Waals surface area contributed by atoms with Gasteiger partial charge in [0.05, 0.1) is 5.60 Å². The van der Waals surface area contributed by atoms with Crippen molar-refractivity contribution in [2.45, 2.75) is 37.8 Å². The summed E-state index contributed by atoms with van der Waals surface area (Å²) in [4.78, 5) is 2.38. The molecular formula is C15H20BrNO2. The minimum absolute atomic E-state index is 0.379. The Morgan fingerprint density at radius 2 is 2.21 bits per heavy atom. The van der Waals surface area contributed by atoms with Gasteiger partial charge in [-0.2, -0.15) is 0 Å². The monoisotopic (exact) mass is 325 g/mol. The first-order valence-corrected chi connectivity index (χ1v) is 7.80. The van der Waals surface area contributed by atoms with Gasteiger partial charge in [0.25, 0.3) is 0 Å². The Labute approximate surface area is 122 Å². The van der Waals surface area contributed by atoms with Crippen LogP contribution in [0.5, 0.6) is 5.75 Å². The van der Waals surface area contributed by atoms with E-state index >= 15 is 0 Å². The second kappa shape index (κ2) is 5.43. The third kappa shape index (κ3) is 3.12. The second-order valence-corrected chi connectivity index (χ2v) is 6.62. The molecule has 0 bridgehead atoms. The zero-order valence-electron chi connectivity index (χ0n) is 11.1. The van der Waals surface area contributed by atoms with Gasteiger partial charge < -0.3 is 9.84 Å². The summed E-state index contributed by atoms with van der Waals surface area (Å²) < 4.78 is 6.86. The summed E-state index contributed by atoms with van der Waals surface area (Å²) in [6.45, 7) is 3.53. The van der Waals surface area contributed by atoms with Gasteiger partial charge in [0, 0.05) is 29.7 Å². The molecule has 1 saturated carbocycles. The normalized spacial score (nSPS) is 22.0. The molecular weight excluding hydrogens is 306 g/mol. The molecule has 4 heteroatoms. The third-order valence-corrected chi connectivity index (χ3v) is 4.76. The smallest absolute Gasteiger partial charge is 0.124 e. The molecule has 1 aromatic carbocycles. The van der Waals surface area contributed by atoms with Crippen molar-refractivity contribution in [3.63, 3.8) is 0 Å². The van der Waals surface area contributed by atoms with Crippen molar-refractivity contribution in [1.82, 2.24) is 4.90 Å². The molecule has 3 rings (SSSR count). The predicted octanol–water partition coefficient (Wildman–Crippen LogP) is 2.95. The molecule has 3 nitrogen and oxygen atoms in total. The molecule has 1 heterocycles. The van der Waals surface area contributed by atoms with Crippen molar-refractivity contribution in [1.29, 1.82) is 0 Å². The van der Waals surface area contributed by atoms with Crippen LogP contribution in [-0.4, -0.2) is 35.3 Å². The van der Waals surface area contributed by atoms with Gasteiger partial charge >= 0.3 is 0 Å². The fourth-order valence-electron chi connectivity index (χ4n) is 2.79. The molecule has 0 radical (unpaired) electrons. The van der Waals surface area contributed by atoms with Crippen molar-refractivity contribution in [3.8, 4) is 5.75 Å². The lowest BCUT2D eigenvalue weighted by molar-refractivity contribution is -0.0469. The van der Waals surface area contributed by atoms with E-state index in [1.165, 1.54) is 12.0 Å². The number of fused-ring (bicyclic) bond motifs is 1. The standard InChI is InChI=1S/C15H20BrNO2/c16-13-3-2-12-11-17(8-9-19-14(12)10-13)7-6-15(18)4-1-5-15/h2-3,10,18H,1,4-9,11H2. The van der Waals surface area contributed by atoms with Crippen LogP contribution in [0.3, 0.4) is 0 Å². The average molecular weight is 326 g/mol. The molecule has 1 aliphatic heterocycles. The highest BCUT2D eigenvalue weighted by Gasteiger charge is 2.34. The molecule has 0 unspecified atom stereocenters. The molecule has 104 valence electrons. The lowest BCUT2D eigenvalue weighted by Crippen LogP contribution is -2.40. The van der Waals surface area contributed by atoms with Gasteiger partial charge in [0.2, 0.25) is 0 Å². The maximum Gasteiger partial charge on any atom is 0.124 e. The van der Waals surface area contributed by atoms with Crippen LogP contribution in [0.1, 0.15) is 31.2 Å². The van der Waals surface area contributed by atoms with Crippen LogP contribution in [0.15, 0.2) is 22.7 Å². The van der Waals surface area contributed by atoms with Crippen LogP contribution in [0, 0.1) is 0 Å². The van der Waals surface area contributed by atoms with E-state index in [9.17, 15) is 5.11 Å². The highest BCUT2D eigenvalue weighted by Crippen LogP contribution is 2.35. The second-order valence-electron chi connectivity index (χ2n) is 5.70. The van der Waals surface area contributed by atoms with Crippen LogP contribution >= 0.6 is 15.9 Å². The minimum Gasteiger partial charge on any atom is -0.492 e. The van der Waals surface area contributed by atoms with Gasteiger partial charge in [0.1, 0.15) is 12.4 Å². The van der Waals surface area contributed by atoms with E-state index in [4.69, 9.17) is 4.74 Å². The van der Waals surface area contributed by atoms with E-state index in [0.717, 1.165) is 55.7 Å². The fourth-order valence-corrected chi connectivity index (χ4v) is 3.13. The third-order valence-electron chi connectivity index (χ3n) is 4.27. The zero-order chi connectivity index (χ0) is 13.3. The maximum absolute atomic E-state index is 10.2. The molecule has 1 N–H and O–H groups in total. The van der Waals surface area contributed by atoms with E-state index < -0.39 is 0 Å². The topological polar surface area (TPSA) is 32.7 Å². The van der Waals surface area contributed by atoms with Crippen LogP contribution < -0.4 is 4.74 Å². The molecule has 0 atom stereocenters. The van der Waals surface area contributed by atoms with E-state index in [1.54, 1.807) is 0 Å². The summed E-state index contributed by atoms with van der Waals surface area (Å²) in [6.07, 6.45) is 4.01. The molecule has 1 fully saturated rings. The van der Waals surface area contributed by atoms with Gasteiger partial charge in [-0.25, -0.2) is 0 Å². The van der Waals surface area contributed by atoms with Crippen molar-refractivity contribution < 1.29 is 9.84 Å². The van der Waals surface area contributed by atoms with Gasteiger partial charge in [-0.3, -0.25) is 4.90 Å². The van der Waals surface area contributed by atoms with Crippen molar-refractivity contribution in [2.75, 3.05) is 19.7 Å². The Hall–Kier alpha value is -0.580. The molecule has 1 aliphatic carbocycles. The van der Waals surface area contributed by atoms with Gasteiger partial charge in [0.15, 0.2) is 0 Å². The molecule has 19 heavy (non-hydrogen) atoms. The summed E-state index contributed by atoms with van der Waals surface area (Å²) in [5.74, 6) is 0.985. The number of halogens is 1. The average Bonchev–Trinajstić information content (AvgIpc) is 2.55. The predicted molar refractivity (Wildman–Crippen MR) is 78.3 cm³/mol. The molecule has 0 amide bonds. The Kier molecular flexibility index (Phi) is 3.83. The van der Waals surface area contributed by atoms with Gasteiger partial charge in [-0.15, -0.1) is 0 Å². The minimum atomic E-state index is -0.379. The van der Waals surface area contributed by atoms with Crippen LogP contribution in [-0.2, 0) is 6.54 Å². The number of hydrogen-bond acceptors (Lipinski definition) is 3. The Morgan fingerprint density at radius 1 is 1.37 bits per heavy atom. The summed E-state index contributed by atoms with van der Waals surface area (Å²) >= 11 is 3.48. The van der Waals surface area contributed by atoms with E-state index in [1.807, 2.05) is 6.07 Å². The Bertz CT molecular complexity index is 459. The molecule has 0 aromatic heterocycles. The van der Waals surface area contributed by atoms with Crippen LogP contribution in [0.25, 0.3) is 0 Å². The number of benzene rings is 1. The largest absolute Gasteiger partial charge is 0.492 e. The number of aliphatic hydroxyl groups is 1. The highest BCUT2D eigenvalue weighted by molar-refractivity contribution is 9.10. The molecule has 0 saturated heterocycles. The van der Waals surface area contributed by atoms with Gasteiger partial charge in [-0.1, -0.05) is 22.0 Å². The molecule has 2 aliphatic rings. The maximum atomic E-state index is 10.2. The van der Waals surface area contributed by atoms with Crippen LogP contribution in [0.2, 0.25) is 0 Å². The Balaban J connectivity index is 1.63. The number of ether oxygens (including phenoxy) is 1. The summed E-state index contributed by atoms with van der Waals surface area (Å²) in [5, 5.41) is 10.2. The quantitative estimate of drug-likeness (QED) is 0.927. The lowest BCUT2D eigenvalue weighted by Gasteiger charge is -2.38. The summed E-state index contributed by atoms with van der Waals surface area (Å²) in [6, 6.07) is 6.22. The number of rotatable bonds is 3. The summed E-state index contributed by atoms with van der Waals surface area (Å²) in [7, 11) is 0. The van der Waals surface area contributed by atoms with Crippen molar-refractivity contribution >= 4 is 15.9 Å². The van der Waals surface area contributed by atoms with Crippen LogP contribution in [0.4, 0.5) is 0 Å². The zero-order valence-corrected chi connectivity index (χ0v) is 12.7. The number of hydrogen-bond donors (Lipinski definition) is 1. The Morgan fingerprint density at radius 3 is 2.95 bits per heavy atom. The SMILES string of the molecule is OC1(CCN2CCOc3cc(Br)ccc3C2)CCC1. The van der Waals surface area contributed by atoms with E-state index in [2.05, 4.69) is 33.0 Å². The first-order chi connectivity index (χ1) is 9.15. The fraction of sp³-hybridized carbons (Fsp3) is 0.600. The molecule has 0 spiro atoms. The van der Waals surface area contributed by atoms with Crippen molar-refractivity contribution in [3.05, 3.63) is 28.2 Å². The highest BCUT2D eigenvalue weighted by atomic mass is 79.9. The van der Waals surface area contributed by atoms with E-state index in [0.29, 0.717) is 0 Å². The van der Waals surface area contributed by atoms with Gasteiger partial charge in [-0.05, 0) is 37.8 Å². The first kappa shape index (κ1) is 13.4. The molecule has 1 aromatic rings. The number of nitrogens with zero attached hydrogens (tertiary/aromatic N) is 1. The first-order valence-electron chi connectivity index (χ1n) is 7.01. The summed E-state index contributed by atoms with van der Waals surface area (Å²) in [5.41, 5.74) is 0.858. The van der Waals surface area contributed by atoms with E-state index in [-0.39, 0.29) is 5.60 Å². The lowest BCUT2D eigenvalue weighted by atomic mass is 9.78. The van der Waals surface area contributed by atoms with Crippen molar-refractivity contribution in [2.24, 2.45) is 0 Å².